The Morgan fingerprint density at radius 2 is 1.65 bits per heavy atom. The quantitative estimate of drug-likeness (QED) is 0.471. The van der Waals surface area contributed by atoms with Gasteiger partial charge in [0.15, 0.2) is 0 Å². The predicted molar refractivity (Wildman–Crippen MR) is 126 cm³/mol. The number of carbonyl (C=O) groups excluding carboxylic acids is 2. The lowest BCUT2D eigenvalue weighted by Crippen LogP contribution is -2.32. The Hall–Kier alpha value is -4.20. The number of carbonyl (C=O) groups is 3. The molecule has 1 aromatic heterocycles. The smallest absolute Gasteiger partial charge is 0.411 e. The maximum absolute atomic E-state index is 12.4. The van der Waals surface area contributed by atoms with Gasteiger partial charge in [-0.2, -0.15) is 0 Å². The van der Waals surface area contributed by atoms with E-state index < -0.39 is 18.0 Å². The number of carboxylic acid groups (broad SMARTS) is 1. The number of nitrogens with zero attached hydrogens (tertiary/aromatic N) is 1. The van der Waals surface area contributed by atoms with Crippen LogP contribution in [0.25, 0.3) is 11.1 Å². The molecule has 4 rings (SSSR count). The van der Waals surface area contributed by atoms with E-state index in [-0.39, 0.29) is 31.4 Å². The van der Waals surface area contributed by atoms with Crippen LogP contribution in [0.15, 0.2) is 66.9 Å². The van der Waals surface area contributed by atoms with Crippen LogP contribution in [0.2, 0.25) is 0 Å². The van der Waals surface area contributed by atoms with Gasteiger partial charge in [-0.1, -0.05) is 55.5 Å². The molecule has 0 bridgehead atoms. The van der Waals surface area contributed by atoms with Crippen LogP contribution in [-0.2, 0) is 20.7 Å². The number of anilines is 1. The zero-order valence-corrected chi connectivity index (χ0v) is 18.7. The van der Waals surface area contributed by atoms with Crippen LogP contribution >= 0.6 is 0 Å². The first-order valence-electron chi connectivity index (χ1n) is 11.0. The fraction of sp³-hybridized carbons (Fsp3) is 0.231. The second-order valence-corrected chi connectivity index (χ2v) is 8.21. The van der Waals surface area contributed by atoms with E-state index in [2.05, 4.69) is 39.9 Å². The van der Waals surface area contributed by atoms with Gasteiger partial charge in [-0.15, -0.1) is 0 Å². The fourth-order valence-corrected chi connectivity index (χ4v) is 3.94. The molecule has 0 aliphatic heterocycles. The molecule has 2 aromatic carbocycles. The Balaban J connectivity index is 1.29. The summed E-state index contributed by atoms with van der Waals surface area (Å²) in [5.41, 5.74) is 5.54. The number of amides is 2. The number of ether oxygens (including phenoxy) is 1. The molecule has 8 heteroatoms. The second-order valence-electron chi connectivity index (χ2n) is 8.21. The zero-order chi connectivity index (χ0) is 24.1. The highest BCUT2D eigenvalue weighted by Crippen LogP contribution is 2.44. The Morgan fingerprint density at radius 1 is 1.00 bits per heavy atom. The highest BCUT2D eigenvalue weighted by atomic mass is 16.5. The number of hydrogen-bond acceptors (Lipinski definition) is 5. The van der Waals surface area contributed by atoms with Gasteiger partial charge in [-0.3, -0.25) is 19.9 Å². The summed E-state index contributed by atoms with van der Waals surface area (Å²) in [6.07, 6.45) is 0.874. The summed E-state index contributed by atoms with van der Waals surface area (Å²) in [6, 6.07) is 19.5. The Kier molecular flexibility index (Phi) is 6.87. The first-order chi connectivity index (χ1) is 16.4. The third-order valence-corrected chi connectivity index (χ3v) is 5.78. The molecule has 0 spiro atoms. The highest BCUT2D eigenvalue weighted by molar-refractivity contribution is 5.85. The molecule has 174 valence electrons. The van der Waals surface area contributed by atoms with Crippen molar-refractivity contribution < 1.29 is 24.2 Å². The minimum absolute atomic E-state index is 0.0115. The van der Waals surface area contributed by atoms with Crippen LogP contribution in [0.1, 0.15) is 29.7 Å². The van der Waals surface area contributed by atoms with Crippen LogP contribution < -0.4 is 10.6 Å². The van der Waals surface area contributed by atoms with Crippen molar-refractivity contribution in [2.24, 2.45) is 5.92 Å². The molecule has 8 nitrogen and oxygen atoms in total. The van der Waals surface area contributed by atoms with E-state index in [1.165, 1.54) is 13.1 Å². The normalized spacial score (nSPS) is 12.9. The van der Waals surface area contributed by atoms with Crippen LogP contribution in [0.5, 0.6) is 0 Å². The largest absolute Gasteiger partial charge is 0.481 e. The van der Waals surface area contributed by atoms with Crippen molar-refractivity contribution in [1.82, 2.24) is 10.3 Å². The maximum Gasteiger partial charge on any atom is 0.411 e. The van der Waals surface area contributed by atoms with Gasteiger partial charge < -0.3 is 15.2 Å². The Bertz CT molecular complexity index is 1160. The van der Waals surface area contributed by atoms with Gasteiger partial charge in [0.05, 0.1) is 24.2 Å². The van der Waals surface area contributed by atoms with E-state index in [9.17, 15) is 14.4 Å². The van der Waals surface area contributed by atoms with Gasteiger partial charge in [0.2, 0.25) is 5.91 Å². The topological polar surface area (TPSA) is 118 Å². The van der Waals surface area contributed by atoms with E-state index in [0.29, 0.717) is 11.4 Å². The number of carboxylic acids is 1. The molecule has 1 aliphatic carbocycles. The van der Waals surface area contributed by atoms with Crippen LogP contribution in [-0.4, -0.2) is 41.2 Å². The molecule has 1 unspecified atom stereocenters. The van der Waals surface area contributed by atoms with Gasteiger partial charge >= 0.3 is 12.1 Å². The molecule has 2 amide bonds. The molecule has 0 saturated heterocycles. The number of aliphatic carboxylic acids is 1. The number of fused-ring (bicyclic) bond motifs is 3. The fourth-order valence-electron chi connectivity index (χ4n) is 3.94. The van der Waals surface area contributed by atoms with Crippen molar-refractivity contribution in [2.75, 3.05) is 18.5 Å². The molecule has 34 heavy (non-hydrogen) atoms. The van der Waals surface area contributed by atoms with Gasteiger partial charge in [-0.25, -0.2) is 4.79 Å². The van der Waals surface area contributed by atoms with E-state index in [4.69, 9.17) is 9.84 Å². The molecule has 3 N–H and O–H groups in total. The number of rotatable bonds is 8. The van der Waals surface area contributed by atoms with Crippen LogP contribution in [0.3, 0.4) is 0 Å². The SMILES string of the molecule is CC(CNC(=O)Cc1ccc(NC(=O)OCC2c3ccccc3-c3ccccc32)cn1)C(=O)O. The lowest BCUT2D eigenvalue weighted by Gasteiger charge is -2.14. The summed E-state index contributed by atoms with van der Waals surface area (Å²) in [7, 11) is 0. The molecule has 1 aliphatic rings. The maximum atomic E-state index is 12.4. The number of nitrogens with one attached hydrogen (secondary N) is 2. The van der Waals surface area contributed by atoms with Crippen molar-refractivity contribution in [2.45, 2.75) is 19.3 Å². The first-order valence-corrected chi connectivity index (χ1v) is 11.0. The van der Waals surface area contributed by atoms with Gasteiger partial charge in [0, 0.05) is 18.2 Å². The lowest BCUT2D eigenvalue weighted by atomic mass is 9.98. The van der Waals surface area contributed by atoms with Gasteiger partial charge in [0.25, 0.3) is 0 Å². The molecular weight excluding hydrogens is 434 g/mol. The molecule has 1 atom stereocenters. The zero-order valence-electron chi connectivity index (χ0n) is 18.7. The Labute approximate surface area is 197 Å². The molecular formula is C26H25N3O5. The van der Waals surface area contributed by atoms with E-state index in [0.717, 1.165) is 22.3 Å². The monoisotopic (exact) mass is 459 g/mol. The van der Waals surface area contributed by atoms with Crippen molar-refractivity contribution in [1.29, 1.82) is 0 Å². The average Bonchev–Trinajstić information content (AvgIpc) is 3.16. The summed E-state index contributed by atoms with van der Waals surface area (Å²) < 4.78 is 5.52. The van der Waals surface area contributed by atoms with E-state index >= 15 is 0 Å². The molecule has 3 aromatic rings. The summed E-state index contributed by atoms with van der Waals surface area (Å²) in [6.45, 7) is 1.78. The third-order valence-electron chi connectivity index (χ3n) is 5.78. The molecule has 0 fully saturated rings. The Morgan fingerprint density at radius 3 is 2.24 bits per heavy atom. The lowest BCUT2D eigenvalue weighted by molar-refractivity contribution is -0.141. The minimum Gasteiger partial charge on any atom is -0.481 e. The highest BCUT2D eigenvalue weighted by Gasteiger charge is 2.29. The van der Waals surface area contributed by atoms with E-state index in [1.54, 1.807) is 12.1 Å². The number of benzene rings is 2. The van der Waals surface area contributed by atoms with Crippen molar-refractivity contribution >= 4 is 23.7 Å². The predicted octanol–water partition coefficient (Wildman–Crippen LogP) is 3.82. The minimum atomic E-state index is -0.970. The second kappa shape index (κ2) is 10.2. The summed E-state index contributed by atoms with van der Waals surface area (Å²) >= 11 is 0. The standard InChI is InChI=1S/C26H25N3O5/c1-16(25(31)32)13-28-24(30)12-17-10-11-18(14-27-17)29-26(33)34-15-23-21-8-4-2-6-19(21)20-7-3-5-9-22(20)23/h2-11,14,16,23H,12-13,15H2,1H3,(H,28,30)(H,29,33)(H,31,32). The molecule has 0 radical (unpaired) electrons. The van der Waals surface area contributed by atoms with Gasteiger partial charge in [-0.05, 0) is 34.4 Å². The number of hydrogen-bond donors (Lipinski definition) is 3. The van der Waals surface area contributed by atoms with Crippen molar-refractivity contribution in [3.8, 4) is 11.1 Å². The van der Waals surface area contributed by atoms with Crippen molar-refractivity contribution in [3.05, 3.63) is 83.7 Å². The van der Waals surface area contributed by atoms with Crippen LogP contribution in [0.4, 0.5) is 10.5 Å². The third kappa shape index (κ3) is 5.23. The summed E-state index contributed by atoms with van der Waals surface area (Å²) in [5.74, 6) is -1.98. The molecule has 1 heterocycles. The van der Waals surface area contributed by atoms with E-state index in [1.807, 2.05) is 24.3 Å². The van der Waals surface area contributed by atoms with Crippen molar-refractivity contribution in [3.63, 3.8) is 0 Å². The number of aromatic nitrogens is 1. The number of pyridine rings is 1. The van der Waals surface area contributed by atoms with Gasteiger partial charge in [0.1, 0.15) is 6.61 Å². The average molecular weight is 460 g/mol. The summed E-state index contributed by atoms with van der Waals surface area (Å²) in [5, 5.41) is 14.1. The molecule has 0 saturated carbocycles. The van der Waals surface area contributed by atoms with Crippen LogP contribution in [0, 0.1) is 5.92 Å². The first kappa shape index (κ1) is 23.0. The summed E-state index contributed by atoms with van der Waals surface area (Å²) in [4.78, 5) is 39.3.